The lowest BCUT2D eigenvalue weighted by atomic mass is 9.93. The summed E-state index contributed by atoms with van der Waals surface area (Å²) < 4.78 is 0. The number of nitrogens with zero attached hydrogens (tertiary/aromatic N) is 2. The van der Waals surface area contributed by atoms with Crippen LogP contribution in [0.4, 0.5) is 0 Å². The molecule has 0 fully saturated rings. The van der Waals surface area contributed by atoms with Crippen molar-refractivity contribution in [3.63, 3.8) is 0 Å². The fraction of sp³-hybridized carbons (Fsp3) is 0.700. The number of fused-ring (bicyclic) bond motifs is 2. The second kappa shape index (κ2) is 33.3. The third-order valence-corrected chi connectivity index (χ3v) is 14.2. The molecule has 0 aliphatic rings. The van der Waals surface area contributed by atoms with Gasteiger partial charge in [0.15, 0.2) is 0 Å². The molecule has 0 saturated carbocycles. The Bertz CT molecular complexity index is 1700. The number of hydrogen-bond acceptors (Lipinski definition) is 4. The first-order valence-electron chi connectivity index (χ1n) is 27.8. The summed E-state index contributed by atoms with van der Waals surface area (Å²) in [7, 11) is 0. The van der Waals surface area contributed by atoms with Crippen LogP contribution >= 0.6 is 0 Å². The predicted octanol–water partition coefficient (Wildman–Crippen LogP) is 18.7. The zero-order chi connectivity index (χ0) is 45.5. The van der Waals surface area contributed by atoms with E-state index in [1.165, 1.54) is 228 Å². The predicted molar refractivity (Wildman–Crippen MR) is 279 cm³/mol. The van der Waals surface area contributed by atoms with Crippen molar-refractivity contribution in [1.82, 2.24) is 9.97 Å². The number of hydrogen-bond donors (Lipinski definition) is 2. The summed E-state index contributed by atoms with van der Waals surface area (Å²) in [5.41, 5.74) is 9.12. The van der Waals surface area contributed by atoms with Gasteiger partial charge < -0.3 is 10.2 Å². The first-order chi connectivity index (χ1) is 31.5. The Balaban J connectivity index is 1.57. The molecule has 0 unspecified atom stereocenters. The number of phenols is 2. The fourth-order valence-corrected chi connectivity index (χ4v) is 10.1. The van der Waals surface area contributed by atoms with Crippen LogP contribution in [0.25, 0.3) is 21.8 Å². The summed E-state index contributed by atoms with van der Waals surface area (Å²) >= 11 is 0. The van der Waals surface area contributed by atoms with Gasteiger partial charge in [-0.15, -0.1) is 0 Å². The summed E-state index contributed by atoms with van der Waals surface area (Å²) in [6, 6.07) is 12.9. The first-order valence-corrected chi connectivity index (χ1v) is 27.8. The molecule has 2 heterocycles. The van der Waals surface area contributed by atoms with Crippen LogP contribution in [0, 0.1) is 0 Å². The minimum absolute atomic E-state index is 0.294. The second-order valence-electron chi connectivity index (χ2n) is 19.9. The molecular formula is C60H96N2O2. The Morgan fingerprint density at radius 1 is 0.297 bits per heavy atom. The maximum Gasteiger partial charge on any atom is 0.141 e. The zero-order valence-corrected chi connectivity index (χ0v) is 42.1. The fourth-order valence-electron chi connectivity index (χ4n) is 10.1. The third-order valence-electron chi connectivity index (χ3n) is 14.2. The van der Waals surface area contributed by atoms with E-state index in [9.17, 15) is 10.2 Å². The van der Waals surface area contributed by atoms with Crippen LogP contribution in [-0.4, -0.2) is 20.2 Å². The summed E-state index contributed by atoms with van der Waals surface area (Å²) in [4.78, 5) is 10.7. The molecule has 0 atom stereocenters. The average molecular weight is 877 g/mol. The van der Waals surface area contributed by atoms with Crippen molar-refractivity contribution in [3.8, 4) is 11.5 Å². The number of rotatable bonds is 39. The molecule has 0 saturated heterocycles. The lowest BCUT2D eigenvalue weighted by Crippen LogP contribution is -2.07. The van der Waals surface area contributed by atoms with Gasteiger partial charge >= 0.3 is 0 Å². The van der Waals surface area contributed by atoms with Crippen LogP contribution in [0.2, 0.25) is 0 Å². The molecule has 0 radical (unpaired) electrons. The van der Waals surface area contributed by atoms with E-state index in [4.69, 9.17) is 9.97 Å². The Labute approximate surface area is 393 Å². The van der Waals surface area contributed by atoms with Gasteiger partial charge in [0.1, 0.15) is 22.5 Å². The SMILES string of the molecule is CCCCCCCCCCc1cc2c(CCCCCCCCCC)ccc(O)c2nc1CCc1nc2c(O)ccc(CCCCCCCCCC)c2cc1CCCCCCCCCC. The lowest BCUT2D eigenvalue weighted by molar-refractivity contribution is 0.479. The molecule has 0 spiro atoms. The van der Waals surface area contributed by atoms with Gasteiger partial charge in [-0.2, -0.15) is 0 Å². The molecule has 0 aliphatic heterocycles. The molecule has 2 N–H and O–H groups in total. The Hall–Kier alpha value is -3.14. The molecular weight excluding hydrogens is 781 g/mol. The van der Waals surface area contributed by atoms with Gasteiger partial charge in [-0.1, -0.05) is 220 Å². The average Bonchev–Trinajstić information content (AvgIpc) is 3.30. The summed E-state index contributed by atoms with van der Waals surface area (Å²) in [6.07, 6.45) is 47.6. The van der Waals surface area contributed by atoms with Crippen molar-refractivity contribution >= 4 is 21.8 Å². The van der Waals surface area contributed by atoms with Gasteiger partial charge in [-0.3, -0.25) is 0 Å². The zero-order valence-electron chi connectivity index (χ0n) is 42.1. The molecule has 0 bridgehead atoms. The molecule has 4 heteroatoms. The number of aryl methyl sites for hydroxylation is 6. The van der Waals surface area contributed by atoms with Crippen LogP contribution < -0.4 is 0 Å². The van der Waals surface area contributed by atoms with E-state index in [0.717, 1.165) is 71.7 Å². The molecule has 0 aliphatic carbocycles. The number of unbranched alkanes of at least 4 members (excludes halogenated alkanes) is 28. The Morgan fingerprint density at radius 2 is 0.547 bits per heavy atom. The van der Waals surface area contributed by atoms with E-state index in [0.29, 0.717) is 11.5 Å². The lowest BCUT2D eigenvalue weighted by Gasteiger charge is -2.17. The quantitative estimate of drug-likeness (QED) is 0.0438. The number of phenolic OH excluding ortho intramolecular Hbond substituents is 2. The van der Waals surface area contributed by atoms with Crippen LogP contribution in [0.1, 0.15) is 267 Å². The Kier molecular flexibility index (Phi) is 27.9. The van der Waals surface area contributed by atoms with E-state index in [1.54, 1.807) is 0 Å². The van der Waals surface area contributed by atoms with E-state index < -0.39 is 0 Å². The highest BCUT2D eigenvalue weighted by Gasteiger charge is 2.17. The van der Waals surface area contributed by atoms with Crippen molar-refractivity contribution in [2.75, 3.05) is 0 Å². The van der Waals surface area contributed by atoms with Crippen molar-refractivity contribution in [3.05, 3.63) is 70.0 Å². The first kappa shape index (κ1) is 53.5. The van der Waals surface area contributed by atoms with Crippen LogP contribution in [0.3, 0.4) is 0 Å². The standard InChI is InChI=1S/C60H96N2O2/c1-5-9-13-17-21-25-29-33-37-49-41-45-57(63)59-53(49)47-51(39-35-31-27-23-19-15-11-7-3)55(61-59)43-44-56-52(40-36-32-28-24-20-16-12-8-4)48-54-50(42-46-58(64)60(54)62-56)38-34-30-26-22-18-14-10-6-2/h41-42,45-48,63-64H,5-40,43-44H2,1-4H3. The minimum Gasteiger partial charge on any atom is -0.506 e. The van der Waals surface area contributed by atoms with Gasteiger partial charge in [0, 0.05) is 22.2 Å². The second-order valence-corrected chi connectivity index (χ2v) is 19.9. The van der Waals surface area contributed by atoms with Gasteiger partial charge in [0.2, 0.25) is 0 Å². The topological polar surface area (TPSA) is 66.2 Å². The highest BCUT2D eigenvalue weighted by Crippen LogP contribution is 2.33. The van der Waals surface area contributed by atoms with E-state index >= 15 is 0 Å². The normalized spacial score (nSPS) is 11.8. The van der Waals surface area contributed by atoms with Crippen LogP contribution in [0.5, 0.6) is 11.5 Å². The van der Waals surface area contributed by atoms with Gasteiger partial charge in [0.05, 0.1) is 0 Å². The van der Waals surface area contributed by atoms with Crippen LogP contribution in [-0.2, 0) is 38.5 Å². The summed E-state index contributed by atoms with van der Waals surface area (Å²) in [5.74, 6) is 0.588. The van der Waals surface area contributed by atoms with E-state index in [2.05, 4.69) is 52.0 Å². The highest BCUT2D eigenvalue weighted by molar-refractivity contribution is 5.89. The minimum atomic E-state index is 0.294. The number of aromatic nitrogens is 2. The van der Waals surface area contributed by atoms with Crippen molar-refractivity contribution in [2.45, 2.75) is 272 Å². The number of benzene rings is 2. The number of aromatic hydroxyl groups is 2. The van der Waals surface area contributed by atoms with Gasteiger partial charge in [-0.25, -0.2) is 9.97 Å². The molecule has 0 amide bonds. The van der Waals surface area contributed by atoms with E-state index in [1.807, 2.05) is 12.1 Å². The largest absolute Gasteiger partial charge is 0.506 e. The Morgan fingerprint density at radius 3 is 0.828 bits per heavy atom. The van der Waals surface area contributed by atoms with Crippen molar-refractivity contribution < 1.29 is 10.2 Å². The van der Waals surface area contributed by atoms with Crippen molar-refractivity contribution in [1.29, 1.82) is 0 Å². The molecule has 64 heavy (non-hydrogen) atoms. The van der Waals surface area contributed by atoms with Crippen molar-refractivity contribution in [2.24, 2.45) is 0 Å². The van der Waals surface area contributed by atoms with Gasteiger partial charge in [0.25, 0.3) is 0 Å². The van der Waals surface area contributed by atoms with E-state index in [-0.39, 0.29) is 0 Å². The molecule has 4 rings (SSSR count). The highest BCUT2D eigenvalue weighted by atomic mass is 16.3. The smallest absolute Gasteiger partial charge is 0.141 e. The summed E-state index contributed by atoms with van der Waals surface area (Å²) in [6.45, 7) is 9.17. The third kappa shape index (κ3) is 19.8. The number of pyridine rings is 2. The maximum atomic E-state index is 11.3. The molecule has 4 nitrogen and oxygen atoms in total. The molecule has 2 aromatic carbocycles. The monoisotopic (exact) mass is 877 g/mol. The molecule has 2 aromatic heterocycles. The van der Waals surface area contributed by atoms with Crippen LogP contribution in [0.15, 0.2) is 36.4 Å². The summed E-state index contributed by atoms with van der Waals surface area (Å²) in [5, 5.41) is 24.9. The molecule has 4 aromatic rings. The van der Waals surface area contributed by atoms with Gasteiger partial charge in [-0.05, 0) is 111 Å². The maximum absolute atomic E-state index is 11.3. The molecule has 358 valence electrons.